The molecule has 1 aromatic rings. The lowest BCUT2D eigenvalue weighted by Gasteiger charge is -2.50. The molecule has 0 radical (unpaired) electrons. The van der Waals surface area contributed by atoms with Crippen molar-refractivity contribution >= 4 is 11.8 Å². The van der Waals surface area contributed by atoms with E-state index in [1.165, 1.54) is 24.5 Å². The monoisotopic (exact) mass is 370 g/mol. The number of hydrogen-bond donors (Lipinski definition) is 0. The number of methoxy groups -OCH3 is 1. The third kappa shape index (κ3) is 2.88. The van der Waals surface area contributed by atoms with E-state index < -0.39 is 0 Å². The molecule has 3 aliphatic carbocycles. The second-order valence-electron chi connectivity index (χ2n) is 8.94. The Morgan fingerprint density at radius 2 is 1.89 bits per heavy atom. The molecular weight excluding hydrogens is 340 g/mol. The number of rotatable bonds is 3. The molecule has 0 amide bonds. The van der Waals surface area contributed by atoms with Gasteiger partial charge in [0.05, 0.1) is 12.7 Å². The quantitative estimate of drug-likeness (QED) is 0.572. The van der Waals surface area contributed by atoms with Crippen LogP contribution in [0, 0.1) is 17.3 Å². The Kier molecular flexibility index (Phi) is 4.56. The van der Waals surface area contributed by atoms with Gasteiger partial charge >= 0.3 is 5.97 Å². The number of Topliss-reactive ketones (excluding diaryl/α,β-unsaturated/α-hetero) is 1. The minimum Gasteiger partial charge on any atom is -0.496 e. The zero-order valence-electron chi connectivity index (χ0n) is 16.8. The van der Waals surface area contributed by atoms with Gasteiger partial charge in [0.25, 0.3) is 0 Å². The molecule has 4 nitrogen and oxygen atoms in total. The zero-order chi connectivity index (χ0) is 19.3. The average Bonchev–Trinajstić information content (AvgIpc) is 2.96. The summed E-state index contributed by atoms with van der Waals surface area (Å²) in [6.45, 7) is 5.47. The summed E-state index contributed by atoms with van der Waals surface area (Å²) in [6, 6.07) is 4.20. The molecule has 0 aliphatic heterocycles. The van der Waals surface area contributed by atoms with Crippen LogP contribution in [-0.4, -0.2) is 25.0 Å². The van der Waals surface area contributed by atoms with Gasteiger partial charge in [-0.3, -0.25) is 9.59 Å². The Bertz CT molecular complexity index is 783. The molecule has 2 saturated carbocycles. The lowest BCUT2D eigenvalue weighted by atomic mass is 9.55. The SMILES string of the molecule is COc1cc2c(cc1C(C)=O)[C@H]1CC[C@@]3(C)[C@@H](OC(C)=O)CC[C@@H]3[C@H]1CC2. The minimum absolute atomic E-state index is 0.0611. The molecule has 3 aliphatic rings. The topological polar surface area (TPSA) is 52.6 Å². The maximum Gasteiger partial charge on any atom is 0.302 e. The molecule has 4 rings (SSSR count). The largest absolute Gasteiger partial charge is 0.496 e. The molecule has 0 saturated heterocycles. The normalized spacial score (nSPS) is 34.2. The van der Waals surface area contributed by atoms with E-state index in [-0.39, 0.29) is 23.3 Å². The van der Waals surface area contributed by atoms with Gasteiger partial charge in [0, 0.05) is 12.3 Å². The van der Waals surface area contributed by atoms with Crippen molar-refractivity contribution < 1.29 is 19.1 Å². The van der Waals surface area contributed by atoms with Crippen molar-refractivity contribution in [3.05, 3.63) is 28.8 Å². The Balaban J connectivity index is 1.67. The van der Waals surface area contributed by atoms with E-state index in [4.69, 9.17) is 9.47 Å². The second kappa shape index (κ2) is 6.65. The minimum atomic E-state index is -0.156. The zero-order valence-corrected chi connectivity index (χ0v) is 16.8. The van der Waals surface area contributed by atoms with Gasteiger partial charge in [0.2, 0.25) is 0 Å². The number of hydrogen-bond acceptors (Lipinski definition) is 4. The van der Waals surface area contributed by atoms with E-state index in [0.717, 1.165) is 32.1 Å². The molecule has 27 heavy (non-hydrogen) atoms. The van der Waals surface area contributed by atoms with Crippen LogP contribution in [0.5, 0.6) is 5.75 Å². The van der Waals surface area contributed by atoms with E-state index in [0.29, 0.717) is 29.1 Å². The summed E-state index contributed by atoms with van der Waals surface area (Å²) in [7, 11) is 1.64. The third-order valence-electron chi connectivity index (χ3n) is 7.65. The van der Waals surface area contributed by atoms with Gasteiger partial charge in [-0.1, -0.05) is 6.92 Å². The standard InChI is InChI=1S/C23H30O4/c1-13(24)18-12-19-15(11-21(18)26-4)5-6-17-16(19)9-10-23(3)20(17)7-8-22(23)27-14(2)25/h11-12,16-17,20,22H,5-10H2,1-4H3/t16-,17-,20+,22-,23+/m0/s1. The maximum absolute atomic E-state index is 12.1. The highest BCUT2D eigenvalue weighted by atomic mass is 16.5. The third-order valence-corrected chi connectivity index (χ3v) is 7.65. The van der Waals surface area contributed by atoms with Crippen molar-refractivity contribution in [3.63, 3.8) is 0 Å². The van der Waals surface area contributed by atoms with E-state index in [1.807, 2.05) is 0 Å². The van der Waals surface area contributed by atoms with Crippen molar-refractivity contribution in [3.8, 4) is 5.75 Å². The number of aryl methyl sites for hydroxylation is 1. The van der Waals surface area contributed by atoms with Gasteiger partial charge < -0.3 is 9.47 Å². The number of esters is 1. The van der Waals surface area contributed by atoms with E-state index in [1.54, 1.807) is 14.0 Å². The lowest BCUT2D eigenvalue weighted by Crippen LogP contribution is -2.45. The summed E-state index contributed by atoms with van der Waals surface area (Å²) < 4.78 is 11.2. The summed E-state index contributed by atoms with van der Waals surface area (Å²) in [5.41, 5.74) is 3.50. The number of carbonyl (C=O) groups excluding carboxylic acids is 2. The summed E-state index contributed by atoms with van der Waals surface area (Å²) in [5, 5.41) is 0. The first-order valence-corrected chi connectivity index (χ1v) is 10.2. The van der Waals surface area contributed by atoms with Crippen molar-refractivity contribution in [1.82, 2.24) is 0 Å². The molecule has 146 valence electrons. The van der Waals surface area contributed by atoms with E-state index in [2.05, 4.69) is 19.1 Å². The molecule has 2 fully saturated rings. The molecule has 0 unspecified atom stereocenters. The second-order valence-corrected chi connectivity index (χ2v) is 8.94. The fraction of sp³-hybridized carbons (Fsp3) is 0.652. The lowest BCUT2D eigenvalue weighted by molar-refractivity contribution is -0.154. The Morgan fingerprint density at radius 1 is 1.11 bits per heavy atom. The van der Waals surface area contributed by atoms with Crippen LogP contribution in [0.25, 0.3) is 0 Å². The highest BCUT2D eigenvalue weighted by molar-refractivity contribution is 5.97. The van der Waals surface area contributed by atoms with Gasteiger partial charge in [-0.25, -0.2) is 0 Å². The van der Waals surface area contributed by atoms with Gasteiger partial charge in [0.1, 0.15) is 11.9 Å². The van der Waals surface area contributed by atoms with Crippen LogP contribution >= 0.6 is 0 Å². The highest BCUT2D eigenvalue weighted by Gasteiger charge is 2.56. The number of carbonyl (C=O) groups is 2. The first kappa shape index (κ1) is 18.5. The van der Waals surface area contributed by atoms with Crippen LogP contribution in [0.3, 0.4) is 0 Å². The molecule has 0 bridgehead atoms. The van der Waals surface area contributed by atoms with Crippen molar-refractivity contribution in [1.29, 1.82) is 0 Å². The average molecular weight is 370 g/mol. The van der Waals surface area contributed by atoms with Crippen molar-refractivity contribution in [2.24, 2.45) is 17.3 Å². The van der Waals surface area contributed by atoms with Crippen LogP contribution in [0.1, 0.15) is 80.3 Å². The molecule has 0 N–H and O–H groups in total. The molecule has 0 aromatic heterocycles. The summed E-state index contributed by atoms with van der Waals surface area (Å²) in [5.74, 6) is 2.33. The molecule has 4 heteroatoms. The Hall–Kier alpha value is -1.84. The van der Waals surface area contributed by atoms with Crippen LogP contribution in [0.2, 0.25) is 0 Å². The molecule has 5 atom stereocenters. The summed E-state index contributed by atoms with van der Waals surface area (Å²) >= 11 is 0. The number of fused-ring (bicyclic) bond motifs is 5. The van der Waals surface area contributed by atoms with Crippen LogP contribution in [0.4, 0.5) is 0 Å². The smallest absolute Gasteiger partial charge is 0.302 e. The fourth-order valence-corrected chi connectivity index (χ4v) is 6.39. The molecule has 0 heterocycles. The molecule has 1 aromatic carbocycles. The molecule has 0 spiro atoms. The number of ether oxygens (including phenoxy) is 2. The Morgan fingerprint density at radius 3 is 2.56 bits per heavy atom. The van der Waals surface area contributed by atoms with E-state index >= 15 is 0 Å². The molecular formula is C23H30O4. The maximum atomic E-state index is 12.1. The van der Waals surface area contributed by atoms with Crippen LogP contribution < -0.4 is 4.74 Å². The first-order chi connectivity index (χ1) is 12.8. The van der Waals surface area contributed by atoms with Crippen LogP contribution in [0.15, 0.2) is 12.1 Å². The predicted octanol–water partition coefficient (Wildman–Crippen LogP) is 4.69. The number of benzene rings is 1. The number of ketones is 1. The van der Waals surface area contributed by atoms with Crippen molar-refractivity contribution in [2.75, 3.05) is 7.11 Å². The van der Waals surface area contributed by atoms with Gasteiger partial charge in [0.15, 0.2) is 5.78 Å². The van der Waals surface area contributed by atoms with Gasteiger partial charge in [-0.2, -0.15) is 0 Å². The first-order valence-electron chi connectivity index (χ1n) is 10.2. The van der Waals surface area contributed by atoms with Crippen molar-refractivity contribution in [2.45, 2.75) is 71.3 Å². The summed E-state index contributed by atoms with van der Waals surface area (Å²) in [4.78, 5) is 23.7. The predicted molar refractivity (Wildman–Crippen MR) is 103 cm³/mol. The Labute approximate surface area is 161 Å². The van der Waals surface area contributed by atoms with Gasteiger partial charge in [-0.15, -0.1) is 0 Å². The van der Waals surface area contributed by atoms with E-state index in [9.17, 15) is 9.59 Å². The summed E-state index contributed by atoms with van der Waals surface area (Å²) in [6.07, 6.45) is 6.58. The highest BCUT2D eigenvalue weighted by Crippen LogP contribution is 2.61. The van der Waals surface area contributed by atoms with Crippen LogP contribution in [-0.2, 0) is 16.0 Å². The van der Waals surface area contributed by atoms with Gasteiger partial charge in [-0.05, 0) is 86.5 Å². The fourth-order valence-electron chi connectivity index (χ4n) is 6.39.